The van der Waals surface area contributed by atoms with Crippen LogP contribution in [-0.2, 0) is 0 Å². The second-order valence-electron chi connectivity index (χ2n) is 12.5. The first-order valence-electron chi connectivity index (χ1n) is 17.0. The molecule has 3 heteroatoms. The second-order valence-corrected chi connectivity index (χ2v) is 12.5. The van der Waals surface area contributed by atoms with Gasteiger partial charge >= 0.3 is 0 Å². The molecule has 0 amide bonds. The van der Waals surface area contributed by atoms with Gasteiger partial charge in [-0.05, 0) is 88.0 Å². The zero-order valence-corrected chi connectivity index (χ0v) is 27.8. The Kier molecular flexibility index (Phi) is 7.44. The number of benzene rings is 6. The molecule has 242 valence electrons. The Morgan fingerprint density at radius 3 is 1.88 bits per heavy atom. The minimum Gasteiger partial charge on any atom is -0.456 e. The minimum absolute atomic E-state index is 0.797. The van der Waals surface area contributed by atoms with Gasteiger partial charge < -0.3 is 13.9 Å². The SMILES string of the molecule is C=C/C=C\C=C1/Oc2ccc(-c3ccc4oc5ccc(C(/C=C6\Oc7ccccc7-c7ccccc76)=C/C=C)cc5c4c3)cc2-c2ccccc21. The second kappa shape index (κ2) is 12.6. The number of hydrogen-bond donors (Lipinski definition) is 0. The van der Waals surface area contributed by atoms with E-state index in [9.17, 15) is 0 Å². The third-order valence-corrected chi connectivity index (χ3v) is 9.49. The molecule has 0 saturated heterocycles. The van der Waals surface area contributed by atoms with Gasteiger partial charge in [0.05, 0.1) is 0 Å². The summed E-state index contributed by atoms with van der Waals surface area (Å²) in [5.41, 5.74) is 12.5. The molecule has 0 N–H and O–H groups in total. The lowest BCUT2D eigenvalue weighted by Gasteiger charge is -2.23. The largest absolute Gasteiger partial charge is 0.456 e. The maximum Gasteiger partial charge on any atom is 0.135 e. The maximum atomic E-state index is 6.50. The lowest BCUT2D eigenvalue weighted by Crippen LogP contribution is -2.05. The average molecular weight is 657 g/mol. The van der Waals surface area contributed by atoms with Gasteiger partial charge in [0.2, 0.25) is 0 Å². The summed E-state index contributed by atoms with van der Waals surface area (Å²) in [7, 11) is 0. The number of hydrogen-bond acceptors (Lipinski definition) is 3. The first kappa shape index (κ1) is 30.2. The highest BCUT2D eigenvalue weighted by atomic mass is 16.5. The van der Waals surface area contributed by atoms with Crippen molar-refractivity contribution >= 4 is 39.0 Å². The normalized spacial score (nSPS) is 14.9. The summed E-state index contributed by atoms with van der Waals surface area (Å²) in [6, 6.07) is 44.1. The number of fused-ring (bicyclic) bond motifs is 9. The monoisotopic (exact) mass is 656 g/mol. The predicted molar refractivity (Wildman–Crippen MR) is 211 cm³/mol. The summed E-state index contributed by atoms with van der Waals surface area (Å²) in [5, 5.41) is 2.10. The molecule has 1 aromatic heterocycles. The Morgan fingerprint density at radius 2 is 1.10 bits per heavy atom. The summed E-state index contributed by atoms with van der Waals surface area (Å²) in [6.45, 7) is 7.80. The molecule has 6 aromatic carbocycles. The maximum absolute atomic E-state index is 6.50. The van der Waals surface area contributed by atoms with E-state index in [2.05, 4.69) is 110 Å². The van der Waals surface area contributed by atoms with Crippen LogP contribution >= 0.6 is 0 Å². The number of allylic oxidation sites excluding steroid dienone is 8. The van der Waals surface area contributed by atoms with Crippen molar-refractivity contribution in [1.29, 1.82) is 0 Å². The van der Waals surface area contributed by atoms with Crippen molar-refractivity contribution in [2.45, 2.75) is 0 Å². The van der Waals surface area contributed by atoms with E-state index < -0.39 is 0 Å². The molecule has 9 rings (SSSR count). The van der Waals surface area contributed by atoms with E-state index >= 15 is 0 Å². The lowest BCUT2D eigenvalue weighted by atomic mass is 9.92. The molecule has 0 radical (unpaired) electrons. The van der Waals surface area contributed by atoms with Crippen molar-refractivity contribution in [3.63, 3.8) is 0 Å². The quantitative estimate of drug-likeness (QED) is 0.167. The van der Waals surface area contributed by atoms with Crippen LogP contribution < -0.4 is 9.47 Å². The lowest BCUT2D eigenvalue weighted by molar-refractivity contribution is 0.512. The molecule has 0 atom stereocenters. The van der Waals surface area contributed by atoms with Crippen LogP contribution in [0.1, 0.15) is 16.7 Å². The molecule has 51 heavy (non-hydrogen) atoms. The fraction of sp³-hybridized carbons (Fsp3) is 0. The Balaban J connectivity index is 1.11. The summed E-state index contributed by atoms with van der Waals surface area (Å²) in [5.74, 6) is 3.29. The number of ether oxygens (including phenoxy) is 2. The van der Waals surface area contributed by atoms with Crippen molar-refractivity contribution in [2.75, 3.05) is 0 Å². The Labute approximate surface area is 296 Å². The Hall–Kier alpha value is -6.84. The van der Waals surface area contributed by atoms with Crippen molar-refractivity contribution in [3.05, 3.63) is 200 Å². The Bertz CT molecular complexity index is 2680. The van der Waals surface area contributed by atoms with Gasteiger partial charge in [-0.1, -0.05) is 128 Å². The van der Waals surface area contributed by atoms with Crippen LogP contribution in [0.4, 0.5) is 0 Å². The molecular weight excluding hydrogens is 625 g/mol. The standard InChI is InChI=1S/C48H32O3/c1-3-5-6-19-43-38-16-9-8-15-36(38)40-27-33(22-24-45(40)49-43)34-23-26-47-42(29-34)41-28-32(21-25-46(41)50-47)31(13-4-2)30-48-39-18-10-7-14-35(39)37-17-11-12-20-44(37)51-48/h3-30H,1-2H2/b6-5-,31-13+,43-19-,48-30-. The van der Waals surface area contributed by atoms with E-state index in [0.717, 1.165) is 101 Å². The van der Waals surface area contributed by atoms with Gasteiger partial charge in [-0.3, -0.25) is 0 Å². The summed E-state index contributed by atoms with van der Waals surface area (Å²) in [6.07, 6.45) is 13.5. The predicted octanol–water partition coefficient (Wildman–Crippen LogP) is 13.1. The van der Waals surface area contributed by atoms with E-state index in [4.69, 9.17) is 13.9 Å². The van der Waals surface area contributed by atoms with Crippen molar-refractivity contribution in [1.82, 2.24) is 0 Å². The molecule has 0 saturated carbocycles. The fourth-order valence-electron chi connectivity index (χ4n) is 7.08. The first-order valence-corrected chi connectivity index (χ1v) is 17.0. The summed E-state index contributed by atoms with van der Waals surface area (Å²) in [4.78, 5) is 0. The van der Waals surface area contributed by atoms with Crippen LogP contribution in [0, 0.1) is 0 Å². The van der Waals surface area contributed by atoms with Gasteiger partial charge in [0.25, 0.3) is 0 Å². The fourth-order valence-corrected chi connectivity index (χ4v) is 7.08. The molecule has 2 aliphatic heterocycles. The van der Waals surface area contributed by atoms with Crippen LogP contribution in [0.25, 0.3) is 72.4 Å². The van der Waals surface area contributed by atoms with Gasteiger partial charge in [-0.25, -0.2) is 0 Å². The van der Waals surface area contributed by atoms with E-state index in [1.54, 1.807) is 6.08 Å². The van der Waals surface area contributed by atoms with E-state index in [-0.39, 0.29) is 0 Å². The smallest absolute Gasteiger partial charge is 0.135 e. The molecule has 0 bridgehead atoms. The van der Waals surface area contributed by atoms with Gasteiger partial charge in [0.1, 0.15) is 34.2 Å². The van der Waals surface area contributed by atoms with Crippen LogP contribution in [0.3, 0.4) is 0 Å². The van der Waals surface area contributed by atoms with E-state index in [0.29, 0.717) is 0 Å². The number of rotatable bonds is 6. The van der Waals surface area contributed by atoms with E-state index in [1.807, 2.05) is 66.8 Å². The third kappa shape index (κ3) is 5.33. The van der Waals surface area contributed by atoms with E-state index in [1.165, 1.54) is 0 Å². The molecule has 2 aliphatic rings. The molecule has 7 aromatic rings. The average Bonchev–Trinajstić information content (AvgIpc) is 3.55. The van der Waals surface area contributed by atoms with Crippen LogP contribution in [0.5, 0.6) is 11.5 Å². The molecule has 3 nitrogen and oxygen atoms in total. The Morgan fingerprint density at radius 1 is 0.490 bits per heavy atom. The third-order valence-electron chi connectivity index (χ3n) is 9.49. The van der Waals surface area contributed by atoms with Crippen molar-refractivity contribution < 1.29 is 13.9 Å². The van der Waals surface area contributed by atoms with Crippen LogP contribution in [0.15, 0.2) is 188 Å². The summed E-state index contributed by atoms with van der Waals surface area (Å²) >= 11 is 0. The highest BCUT2D eigenvalue weighted by Gasteiger charge is 2.23. The zero-order valence-electron chi connectivity index (χ0n) is 27.8. The van der Waals surface area contributed by atoms with Crippen molar-refractivity contribution in [3.8, 4) is 44.9 Å². The molecule has 0 spiro atoms. The minimum atomic E-state index is 0.797. The van der Waals surface area contributed by atoms with Gasteiger partial charge in [-0.2, -0.15) is 0 Å². The summed E-state index contributed by atoms with van der Waals surface area (Å²) < 4.78 is 19.2. The molecule has 0 unspecified atom stereocenters. The number of furan rings is 1. The topological polar surface area (TPSA) is 31.6 Å². The molecular formula is C48H32O3. The van der Waals surface area contributed by atoms with Gasteiger partial charge in [0, 0.05) is 33.0 Å². The zero-order chi connectivity index (χ0) is 34.3. The van der Waals surface area contributed by atoms with Crippen molar-refractivity contribution in [2.24, 2.45) is 0 Å². The first-order chi connectivity index (χ1) is 25.2. The van der Waals surface area contributed by atoms with Gasteiger partial charge in [0.15, 0.2) is 0 Å². The highest BCUT2D eigenvalue weighted by Crippen LogP contribution is 2.45. The van der Waals surface area contributed by atoms with Crippen LogP contribution in [-0.4, -0.2) is 0 Å². The molecule has 0 aliphatic carbocycles. The van der Waals surface area contributed by atoms with Crippen LogP contribution in [0.2, 0.25) is 0 Å². The molecule has 0 fully saturated rings. The highest BCUT2D eigenvalue weighted by molar-refractivity contribution is 6.08. The number of para-hydroxylation sites is 1. The van der Waals surface area contributed by atoms with Gasteiger partial charge in [-0.15, -0.1) is 0 Å². The molecule has 3 heterocycles.